The van der Waals surface area contributed by atoms with Crippen LogP contribution < -0.4 is 5.43 Å². The van der Waals surface area contributed by atoms with Crippen LogP contribution in [0.2, 0.25) is 15.1 Å². The third-order valence-electron chi connectivity index (χ3n) is 2.65. The van der Waals surface area contributed by atoms with Gasteiger partial charge < -0.3 is 0 Å². The summed E-state index contributed by atoms with van der Waals surface area (Å²) >= 11 is 17.7. The number of rotatable bonds is 4. The monoisotopic (exact) mass is 340 g/mol. The van der Waals surface area contributed by atoms with E-state index in [4.69, 9.17) is 34.8 Å². The van der Waals surface area contributed by atoms with E-state index in [1.165, 1.54) is 6.21 Å². The van der Waals surface area contributed by atoms with Crippen LogP contribution in [0.25, 0.3) is 0 Å². The molecule has 2 rings (SSSR count). The van der Waals surface area contributed by atoms with Crippen LogP contribution in [0.15, 0.2) is 47.6 Å². The van der Waals surface area contributed by atoms with E-state index in [0.717, 1.165) is 5.56 Å². The van der Waals surface area contributed by atoms with E-state index in [1.54, 1.807) is 42.5 Å². The normalized spacial score (nSPS) is 10.8. The Kier molecular flexibility index (Phi) is 5.62. The van der Waals surface area contributed by atoms with Crippen LogP contribution in [0.3, 0.4) is 0 Å². The van der Waals surface area contributed by atoms with Gasteiger partial charge in [-0.2, -0.15) is 5.10 Å². The Morgan fingerprint density at radius 3 is 2.52 bits per heavy atom. The molecule has 0 spiro atoms. The van der Waals surface area contributed by atoms with E-state index >= 15 is 0 Å². The Labute approximate surface area is 137 Å². The first-order valence-corrected chi connectivity index (χ1v) is 7.20. The number of carbonyl (C=O) groups is 1. The number of benzene rings is 2. The molecule has 0 aliphatic heterocycles. The minimum absolute atomic E-state index is 0.220. The highest BCUT2D eigenvalue weighted by Gasteiger charge is 2.03. The van der Waals surface area contributed by atoms with Gasteiger partial charge in [0.15, 0.2) is 0 Å². The summed E-state index contributed by atoms with van der Waals surface area (Å²) in [5.74, 6) is -0.230. The van der Waals surface area contributed by atoms with Gasteiger partial charge in [0.1, 0.15) is 0 Å². The van der Waals surface area contributed by atoms with E-state index in [2.05, 4.69) is 10.5 Å². The van der Waals surface area contributed by atoms with Gasteiger partial charge in [-0.3, -0.25) is 4.79 Å². The quantitative estimate of drug-likeness (QED) is 0.652. The summed E-state index contributed by atoms with van der Waals surface area (Å²) < 4.78 is 0. The second-order valence-electron chi connectivity index (χ2n) is 4.24. The number of carbonyl (C=O) groups excluding carboxylic acids is 1. The van der Waals surface area contributed by atoms with Gasteiger partial charge in [0, 0.05) is 10.6 Å². The molecular formula is C15H11Cl3N2O. The van der Waals surface area contributed by atoms with Gasteiger partial charge in [-0.1, -0.05) is 59.1 Å². The predicted octanol–water partition coefficient (Wildman–Crippen LogP) is 4.34. The van der Waals surface area contributed by atoms with E-state index in [1.807, 2.05) is 0 Å². The summed E-state index contributed by atoms with van der Waals surface area (Å²) in [6.07, 6.45) is 1.67. The van der Waals surface area contributed by atoms with Crippen LogP contribution in [0.5, 0.6) is 0 Å². The lowest BCUT2D eigenvalue weighted by atomic mass is 10.1. The van der Waals surface area contributed by atoms with Crippen LogP contribution in [0.4, 0.5) is 0 Å². The average molecular weight is 342 g/mol. The minimum atomic E-state index is -0.230. The highest BCUT2D eigenvalue weighted by atomic mass is 35.5. The van der Waals surface area contributed by atoms with Crippen molar-refractivity contribution in [2.75, 3.05) is 0 Å². The van der Waals surface area contributed by atoms with Gasteiger partial charge in [-0.25, -0.2) is 5.43 Å². The SMILES string of the molecule is O=C(Cc1ccc(Cl)cc1)NN=Cc1cccc(Cl)c1Cl. The average Bonchev–Trinajstić information content (AvgIpc) is 2.46. The first-order valence-electron chi connectivity index (χ1n) is 6.06. The Bertz CT molecular complexity index is 669. The number of halogens is 3. The van der Waals surface area contributed by atoms with Crippen LogP contribution in [-0.4, -0.2) is 12.1 Å². The molecule has 21 heavy (non-hydrogen) atoms. The third-order valence-corrected chi connectivity index (χ3v) is 3.74. The van der Waals surface area contributed by atoms with Crippen LogP contribution in [0, 0.1) is 0 Å². The molecule has 0 saturated heterocycles. The molecule has 0 radical (unpaired) electrons. The Balaban J connectivity index is 1.93. The number of amides is 1. The molecular weight excluding hydrogens is 331 g/mol. The lowest BCUT2D eigenvalue weighted by Gasteiger charge is -2.02. The van der Waals surface area contributed by atoms with Crippen molar-refractivity contribution in [3.05, 3.63) is 68.7 Å². The van der Waals surface area contributed by atoms with Gasteiger partial charge in [-0.15, -0.1) is 0 Å². The largest absolute Gasteiger partial charge is 0.273 e. The molecule has 0 saturated carbocycles. The standard InChI is InChI=1S/C15H11Cl3N2O/c16-12-6-4-10(5-7-12)8-14(21)20-19-9-11-2-1-3-13(17)15(11)18/h1-7,9H,8H2,(H,20,21). The van der Waals surface area contributed by atoms with Crippen molar-refractivity contribution >= 4 is 46.9 Å². The Morgan fingerprint density at radius 2 is 1.81 bits per heavy atom. The number of nitrogens with zero attached hydrogens (tertiary/aromatic N) is 1. The topological polar surface area (TPSA) is 41.5 Å². The smallest absolute Gasteiger partial charge is 0.244 e. The second kappa shape index (κ2) is 7.46. The molecule has 0 heterocycles. The zero-order valence-corrected chi connectivity index (χ0v) is 13.1. The predicted molar refractivity (Wildman–Crippen MR) is 87.4 cm³/mol. The molecule has 2 aromatic carbocycles. The lowest BCUT2D eigenvalue weighted by molar-refractivity contribution is -0.120. The fraction of sp³-hybridized carbons (Fsp3) is 0.0667. The highest BCUT2D eigenvalue weighted by molar-refractivity contribution is 6.43. The Hall–Kier alpha value is -1.55. The molecule has 0 bridgehead atoms. The molecule has 0 fully saturated rings. The summed E-state index contributed by atoms with van der Waals surface area (Å²) in [7, 11) is 0. The fourth-order valence-corrected chi connectivity index (χ4v) is 2.10. The van der Waals surface area contributed by atoms with Crippen molar-refractivity contribution in [2.24, 2.45) is 5.10 Å². The van der Waals surface area contributed by atoms with E-state index < -0.39 is 0 Å². The molecule has 0 aliphatic carbocycles. The van der Waals surface area contributed by atoms with Crippen molar-refractivity contribution in [3.63, 3.8) is 0 Å². The zero-order valence-electron chi connectivity index (χ0n) is 10.8. The van der Waals surface area contributed by atoms with Crippen LogP contribution in [0.1, 0.15) is 11.1 Å². The second-order valence-corrected chi connectivity index (χ2v) is 5.46. The zero-order chi connectivity index (χ0) is 15.2. The first kappa shape index (κ1) is 15.8. The maximum absolute atomic E-state index is 11.7. The van der Waals surface area contributed by atoms with Gasteiger partial charge in [0.2, 0.25) is 5.91 Å². The third kappa shape index (κ3) is 4.74. The number of hydrazone groups is 1. The molecule has 1 amide bonds. The van der Waals surface area contributed by atoms with Crippen LogP contribution >= 0.6 is 34.8 Å². The van der Waals surface area contributed by atoms with Crippen LogP contribution in [-0.2, 0) is 11.2 Å². The summed E-state index contributed by atoms with van der Waals surface area (Å²) in [5.41, 5.74) is 3.93. The van der Waals surface area contributed by atoms with E-state index in [0.29, 0.717) is 20.6 Å². The van der Waals surface area contributed by atoms with Gasteiger partial charge in [-0.05, 0) is 23.8 Å². The highest BCUT2D eigenvalue weighted by Crippen LogP contribution is 2.24. The van der Waals surface area contributed by atoms with E-state index in [9.17, 15) is 4.79 Å². The van der Waals surface area contributed by atoms with Crippen molar-refractivity contribution in [2.45, 2.75) is 6.42 Å². The summed E-state index contributed by atoms with van der Waals surface area (Å²) in [4.78, 5) is 11.7. The lowest BCUT2D eigenvalue weighted by Crippen LogP contribution is -2.19. The first-order chi connectivity index (χ1) is 10.1. The number of hydrogen-bond donors (Lipinski definition) is 1. The van der Waals surface area contributed by atoms with E-state index in [-0.39, 0.29) is 12.3 Å². The summed E-state index contributed by atoms with van der Waals surface area (Å²) in [6.45, 7) is 0. The molecule has 2 aromatic rings. The van der Waals surface area contributed by atoms with Gasteiger partial charge in [0.05, 0.1) is 22.7 Å². The van der Waals surface area contributed by atoms with Gasteiger partial charge in [0.25, 0.3) is 0 Å². The molecule has 1 N–H and O–H groups in total. The van der Waals surface area contributed by atoms with Gasteiger partial charge >= 0.3 is 0 Å². The summed E-state index contributed by atoms with van der Waals surface area (Å²) in [6, 6.07) is 12.2. The number of hydrogen-bond acceptors (Lipinski definition) is 2. The number of nitrogens with one attached hydrogen (secondary N) is 1. The molecule has 0 aliphatic rings. The summed E-state index contributed by atoms with van der Waals surface area (Å²) in [5, 5.41) is 5.33. The maximum Gasteiger partial charge on any atom is 0.244 e. The molecule has 0 unspecified atom stereocenters. The van der Waals surface area contributed by atoms with Crippen molar-refractivity contribution in [1.29, 1.82) is 0 Å². The molecule has 0 atom stereocenters. The molecule has 3 nitrogen and oxygen atoms in total. The van der Waals surface area contributed by atoms with Crippen molar-refractivity contribution in [1.82, 2.24) is 5.43 Å². The Morgan fingerprint density at radius 1 is 1.10 bits per heavy atom. The van der Waals surface area contributed by atoms with Crippen molar-refractivity contribution in [3.8, 4) is 0 Å². The molecule has 108 valence electrons. The fourth-order valence-electron chi connectivity index (χ4n) is 1.62. The minimum Gasteiger partial charge on any atom is -0.273 e. The molecule has 6 heteroatoms. The van der Waals surface area contributed by atoms with Crippen molar-refractivity contribution < 1.29 is 4.79 Å². The maximum atomic E-state index is 11.7. The molecule has 0 aromatic heterocycles.